The highest BCUT2D eigenvalue weighted by atomic mass is 32.1. The standard InChI is InChI=1S/C23H24FN3O2S/c1-14(28)25-16-11-17-7-8-18(12-16)27(17)13-15-5-9-19(10-6-15)29-23-26-22-20(24)3-2-4-21(22)30-23/h2-6,9-10,16-18H,7-8,11-13H2,1H3,(H,25,28)/t16-,17+,18-. The first-order valence-corrected chi connectivity index (χ1v) is 11.2. The van der Waals surface area contributed by atoms with E-state index in [0.29, 0.717) is 34.6 Å². The Morgan fingerprint density at radius 1 is 1.20 bits per heavy atom. The van der Waals surface area contributed by atoms with E-state index in [-0.39, 0.29) is 11.7 Å². The average Bonchev–Trinajstić information content (AvgIpc) is 3.21. The second-order valence-corrected chi connectivity index (χ2v) is 9.23. The van der Waals surface area contributed by atoms with E-state index in [0.717, 1.165) is 24.1 Å². The van der Waals surface area contributed by atoms with Gasteiger partial charge < -0.3 is 10.1 Å². The summed E-state index contributed by atoms with van der Waals surface area (Å²) < 4.78 is 20.5. The Kier molecular flexibility index (Phi) is 5.16. The fourth-order valence-corrected chi connectivity index (χ4v) is 5.70. The summed E-state index contributed by atoms with van der Waals surface area (Å²) in [6, 6.07) is 14.4. The van der Waals surface area contributed by atoms with Crippen molar-refractivity contribution < 1.29 is 13.9 Å². The van der Waals surface area contributed by atoms with Crippen molar-refractivity contribution >= 4 is 27.5 Å². The Morgan fingerprint density at radius 2 is 1.93 bits per heavy atom. The van der Waals surface area contributed by atoms with Crippen LogP contribution in [-0.4, -0.2) is 33.9 Å². The molecule has 3 aromatic rings. The monoisotopic (exact) mass is 425 g/mol. The average molecular weight is 426 g/mol. The first kappa shape index (κ1) is 19.5. The number of carbonyl (C=O) groups is 1. The van der Waals surface area contributed by atoms with Gasteiger partial charge in [-0.05, 0) is 55.5 Å². The Bertz CT molecular complexity index is 1050. The van der Waals surface area contributed by atoms with Crippen LogP contribution >= 0.6 is 11.3 Å². The lowest BCUT2D eigenvalue weighted by molar-refractivity contribution is -0.120. The van der Waals surface area contributed by atoms with E-state index >= 15 is 0 Å². The number of halogens is 1. The number of aromatic nitrogens is 1. The molecule has 1 aromatic heterocycles. The van der Waals surface area contributed by atoms with E-state index in [1.807, 2.05) is 18.2 Å². The lowest BCUT2D eigenvalue weighted by Crippen LogP contribution is -2.49. The first-order chi connectivity index (χ1) is 14.5. The number of fused-ring (bicyclic) bond motifs is 3. The van der Waals surface area contributed by atoms with Crippen molar-refractivity contribution in [3.8, 4) is 10.9 Å². The highest BCUT2D eigenvalue weighted by Gasteiger charge is 2.40. The van der Waals surface area contributed by atoms with Crippen LogP contribution < -0.4 is 10.1 Å². The molecule has 0 radical (unpaired) electrons. The van der Waals surface area contributed by atoms with Gasteiger partial charge in [0.2, 0.25) is 5.91 Å². The molecule has 30 heavy (non-hydrogen) atoms. The van der Waals surface area contributed by atoms with Gasteiger partial charge in [-0.15, -0.1) is 0 Å². The number of hydrogen-bond acceptors (Lipinski definition) is 5. The quantitative estimate of drug-likeness (QED) is 0.634. The molecule has 0 saturated carbocycles. The van der Waals surface area contributed by atoms with E-state index in [9.17, 15) is 9.18 Å². The van der Waals surface area contributed by atoms with Crippen LogP contribution in [-0.2, 0) is 11.3 Å². The SMILES string of the molecule is CC(=O)N[C@H]1C[C@H]2CC[C@@H](C1)N2Cc1ccc(Oc2nc3c(F)cccc3s2)cc1. The number of nitrogens with zero attached hydrogens (tertiary/aromatic N) is 2. The maximum Gasteiger partial charge on any atom is 0.279 e. The predicted molar refractivity (Wildman–Crippen MR) is 115 cm³/mol. The maximum absolute atomic E-state index is 13.8. The van der Waals surface area contributed by atoms with E-state index in [1.54, 1.807) is 13.0 Å². The number of para-hydroxylation sites is 1. The predicted octanol–water partition coefficient (Wildman–Crippen LogP) is 4.86. The summed E-state index contributed by atoms with van der Waals surface area (Å²) in [4.78, 5) is 18.2. The van der Waals surface area contributed by atoms with E-state index in [2.05, 4.69) is 27.3 Å². The minimum absolute atomic E-state index is 0.0688. The van der Waals surface area contributed by atoms with Crippen LogP contribution in [0.25, 0.3) is 10.2 Å². The highest BCUT2D eigenvalue weighted by Crippen LogP contribution is 2.37. The molecule has 156 valence electrons. The normalized spacial score (nSPS) is 23.6. The van der Waals surface area contributed by atoms with Crippen molar-refractivity contribution in [3.05, 3.63) is 53.8 Å². The zero-order valence-corrected chi connectivity index (χ0v) is 17.6. The van der Waals surface area contributed by atoms with Crippen LogP contribution in [0.1, 0.15) is 38.2 Å². The number of piperidine rings is 1. The van der Waals surface area contributed by atoms with Crippen LogP contribution in [0.3, 0.4) is 0 Å². The van der Waals surface area contributed by atoms with Crippen LogP contribution in [0, 0.1) is 5.82 Å². The maximum atomic E-state index is 13.8. The Balaban J connectivity index is 1.23. The Hall–Kier alpha value is -2.51. The molecule has 7 heteroatoms. The Morgan fingerprint density at radius 3 is 2.60 bits per heavy atom. The highest BCUT2D eigenvalue weighted by molar-refractivity contribution is 7.20. The first-order valence-electron chi connectivity index (χ1n) is 10.4. The summed E-state index contributed by atoms with van der Waals surface area (Å²) in [6.45, 7) is 2.51. The van der Waals surface area contributed by atoms with E-state index in [4.69, 9.17) is 4.74 Å². The number of rotatable bonds is 5. The molecule has 5 nitrogen and oxygen atoms in total. The zero-order chi connectivity index (χ0) is 20.7. The molecular formula is C23H24FN3O2S. The molecule has 2 aliphatic rings. The molecule has 2 fully saturated rings. The zero-order valence-electron chi connectivity index (χ0n) is 16.8. The second-order valence-electron chi connectivity index (χ2n) is 8.24. The summed E-state index contributed by atoms with van der Waals surface area (Å²) in [7, 11) is 0. The summed E-state index contributed by atoms with van der Waals surface area (Å²) >= 11 is 1.34. The fourth-order valence-electron chi connectivity index (χ4n) is 4.85. The van der Waals surface area contributed by atoms with Crippen molar-refractivity contribution in [2.45, 2.75) is 57.3 Å². The lowest BCUT2D eigenvalue weighted by atomic mass is 9.96. The molecule has 2 bridgehead atoms. The van der Waals surface area contributed by atoms with Gasteiger partial charge in [0.25, 0.3) is 5.19 Å². The molecular weight excluding hydrogens is 401 g/mol. The van der Waals surface area contributed by atoms with Gasteiger partial charge in [-0.2, -0.15) is 4.98 Å². The molecule has 2 aromatic carbocycles. The van der Waals surface area contributed by atoms with Gasteiger partial charge in [0.1, 0.15) is 17.1 Å². The lowest BCUT2D eigenvalue weighted by Gasteiger charge is -2.39. The third-order valence-electron chi connectivity index (χ3n) is 6.14. The number of carbonyl (C=O) groups excluding carboxylic acids is 1. The van der Waals surface area contributed by atoms with Gasteiger partial charge in [-0.25, -0.2) is 4.39 Å². The molecule has 0 unspecified atom stereocenters. The second kappa shape index (κ2) is 7.96. The largest absolute Gasteiger partial charge is 0.431 e. The smallest absolute Gasteiger partial charge is 0.279 e. The van der Waals surface area contributed by atoms with Crippen molar-refractivity contribution in [2.75, 3.05) is 0 Å². The molecule has 5 rings (SSSR count). The van der Waals surface area contributed by atoms with Crippen LogP contribution in [0.5, 0.6) is 10.9 Å². The number of ether oxygens (including phenoxy) is 1. The molecule has 0 spiro atoms. The number of amides is 1. The molecule has 1 N–H and O–H groups in total. The molecule has 3 atom stereocenters. The van der Waals surface area contributed by atoms with Gasteiger partial charge in [-0.1, -0.05) is 29.5 Å². The number of hydrogen-bond donors (Lipinski definition) is 1. The molecule has 2 aliphatic heterocycles. The molecule has 0 aliphatic carbocycles. The summed E-state index contributed by atoms with van der Waals surface area (Å²) in [6.07, 6.45) is 4.48. The third-order valence-corrected chi connectivity index (χ3v) is 7.03. The molecule has 1 amide bonds. The van der Waals surface area contributed by atoms with E-state index < -0.39 is 0 Å². The minimum atomic E-state index is -0.328. The number of benzene rings is 2. The van der Waals surface area contributed by atoms with Gasteiger partial charge in [-0.3, -0.25) is 9.69 Å². The Labute approximate surface area is 178 Å². The number of thiazole rings is 1. The topological polar surface area (TPSA) is 54.5 Å². The van der Waals surface area contributed by atoms with Crippen LogP contribution in [0.2, 0.25) is 0 Å². The van der Waals surface area contributed by atoms with Gasteiger partial charge in [0.05, 0.1) is 4.70 Å². The van der Waals surface area contributed by atoms with Crippen molar-refractivity contribution in [1.82, 2.24) is 15.2 Å². The van der Waals surface area contributed by atoms with Crippen LogP contribution in [0.15, 0.2) is 42.5 Å². The van der Waals surface area contributed by atoms with E-state index in [1.165, 1.54) is 35.8 Å². The van der Waals surface area contributed by atoms with Crippen molar-refractivity contribution in [3.63, 3.8) is 0 Å². The van der Waals surface area contributed by atoms with Gasteiger partial charge >= 0.3 is 0 Å². The van der Waals surface area contributed by atoms with Crippen LogP contribution in [0.4, 0.5) is 4.39 Å². The summed E-state index contributed by atoms with van der Waals surface area (Å²) in [5.74, 6) is 0.440. The summed E-state index contributed by atoms with van der Waals surface area (Å²) in [5, 5.41) is 3.55. The minimum Gasteiger partial charge on any atom is -0.431 e. The molecule has 3 heterocycles. The van der Waals surface area contributed by atoms with Gasteiger partial charge in [0.15, 0.2) is 0 Å². The van der Waals surface area contributed by atoms with Gasteiger partial charge in [0, 0.05) is 31.6 Å². The van der Waals surface area contributed by atoms with Crippen molar-refractivity contribution in [2.24, 2.45) is 0 Å². The van der Waals surface area contributed by atoms with Crippen molar-refractivity contribution in [1.29, 1.82) is 0 Å². The number of nitrogens with one attached hydrogen (secondary N) is 1. The fraction of sp³-hybridized carbons (Fsp3) is 0.391. The summed E-state index contributed by atoms with van der Waals surface area (Å²) in [5.41, 5.74) is 1.60. The third kappa shape index (κ3) is 3.91. The molecule has 2 saturated heterocycles.